The van der Waals surface area contributed by atoms with Crippen LogP contribution in [-0.4, -0.2) is 14.9 Å². The molecule has 0 fully saturated rings. The normalized spacial score (nSPS) is 12.7. The second-order valence-corrected chi connectivity index (χ2v) is 5.61. The Morgan fingerprint density at radius 2 is 1.94 bits per heavy atom. The average molecular weight is 255 g/mol. The highest BCUT2D eigenvalue weighted by molar-refractivity contribution is 8.00. The summed E-state index contributed by atoms with van der Waals surface area (Å²) in [5, 5.41) is 8.39. The summed E-state index contributed by atoms with van der Waals surface area (Å²) in [6, 6.07) is 7.94. The van der Waals surface area contributed by atoms with Crippen LogP contribution in [0.1, 0.15) is 12.5 Å². The lowest BCUT2D eigenvalue weighted by Crippen LogP contribution is -1.80. The molecule has 1 aromatic carbocycles. The van der Waals surface area contributed by atoms with Gasteiger partial charge in [-0.05, 0) is 37.7 Å². The minimum Gasteiger partial charge on any atom is -0.411 e. The van der Waals surface area contributed by atoms with Gasteiger partial charge in [0.1, 0.15) is 0 Å². The lowest BCUT2D eigenvalue weighted by atomic mass is 10.1. The maximum atomic E-state index is 5.82. The van der Waals surface area contributed by atoms with Crippen LogP contribution in [0.15, 0.2) is 33.9 Å². The van der Waals surface area contributed by atoms with Gasteiger partial charge >= 0.3 is 0 Å². The first kappa shape index (κ1) is 11.5. The SMILES string of the molecule is Cc1ccc(-c2nnc(S[C@@H](C)Cl)o2)cc1. The molecule has 3 nitrogen and oxygen atoms in total. The monoisotopic (exact) mass is 254 g/mol. The van der Waals surface area contributed by atoms with Crippen LogP contribution in [0.2, 0.25) is 0 Å². The second kappa shape index (κ2) is 4.89. The number of benzene rings is 1. The van der Waals surface area contributed by atoms with Crippen LogP contribution >= 0.6 is 23.4 Å². The largest absolute Gasteiger partial charge is 0.411 e. The number of hydrogen-bond acceptors (Lipinski definition) is 4. The molecule has 1 aromatic heterocycles. The van der Waals surface area contributed by atoms with Gasteiger partial charge in [-0.3, -0.25) is 0 Å². The van der Waals surface area contributed by atoms with Crippen molar-refractivity contribution in [2.45, 2.75) is 23.8 Å². The Balaban J connectivity index is 2.21. The van der Waals surface area contributed by atoms with Gasteiger partial charge in [-0.15, -0.1) is 21.8 Å². The van der Waals surface area contributed by atoms with Crippen LogP contribution in [-0.2, 0) is 0 Å². The topological polar surface area (TPSA) is 38.9 Å². The van der Waals surface area contributed by atoms with Crippen LogP contribution in [0.4, 0.5) is 0 Å². The number of halogens is 1. The minimum absolute atomic E-state index is 0.0775. The maximum absolute atomic E-state index is 5.82. The fourth-order valence-electron chi connectivity index (χ4n) is 1.21. The van der Waals surface area contributed by atoms with E-state index in [2.05, 4.69) is 10.2 Å². The first-order valence-corrected chi connectivity index (χ1v) is 6.18. The number of aromatic nitrogens is 2. The molecule has 0 amide bonds. The minimum atomic E-state index is -0.0775. The number of rotatable bonds is 3. The first-order valence-electron chi connectivity index (χ1n) is 4.86. The zero-order chi connectivity index (χ0) is 11.5. The van der Waals surface area contributed by atoms with E-state index in [4.69, 9.17) is 16.0 Å². The molecule has 0 aliphatic rings. The standard InChI is InChI=1S/C11H11ClN2OS/c1-7-3-5-9(6-4-7)10-13-14-11(15-10)16-8(2)12/h3-6,8H,1-2H3/t8-/m0/s1. The second-order valence-electron chi connectivity index (χ2n) is 3.40. The zero-order valence-corrected chi connectivity index (χ0v) is 10.5. The Kier molecular flexibility index (Phi) is 3.51. The van der Waals surface area contributed by atoms with Crippen molar-refractivity contribution in [1.29, 1.82) is 0 Å². The lowest BCUT2D eigenvalue weighted by molar-refractivity contribution is 0.466. The number of aryl methyl sites for hydroxylation is 1. The molecule has 0 radical (unpaired) electrons. The molecule has 1 heterocycles. The molecule has 5 heteroatoms. The Morgan fingerprint density at radius 3 is 2.56 bits per heavy atom. The zero-order valence-electron chi connectivity index (χ0n) is 8.98. The lowest BCUT2D eigenvalue weighted by Gasteiger charge is -1.96. The third-order valence-electron chi connectivity index (χ3n) is 1.97. The molecule has 1 atom stereocenters. The molecule has 0 unspecified atom stereocenters. The molecular formula is C11H11ClN2OS. The van der Waals surface area contributed by atoms with E-state index in [1.54, 1.807) is 0 Å². The molecule has 0 aliphatic carbocycles. The van der Waals surface area contributed by atoms with E-state index >= 15 is 0 Å². The van der Waals surface area contributed by atoms with Crippen molar-refractivity contribution in [1.82, 2.24) is 10.2 Å². The Morgan fingerprint density at radius 1 is 1.25 bits per heavy atom. The van der Waals surface area contributed by atoms with E-state index in [0.717, 1.165) is 5.56 Å². The summed E-state index contributed by atoms with van der Waals surface area (Å²) in [6.45, 7) is 3.90. The summed E-state index contributed by atoms with van der Waals surface area (Å²) in [5.74, 6) is 0.528. The Labute approximate surface area is 103 Å². The van der Waals surface area contributed by atoms with Crippen molar-refractivity contribution in [2.24, 2.45) is 0 Å². The van der Waals surface area contributed by atoms with Crippen molar-refractivity contribution < 1.29 is 4.42 Å². The molecule has 16 heavy (non-hydrogen) atoms. The van der Waals surface area contributed by atoms with Crippen molar-refractivity contribution in [3.05, 3.63) is 29.8 Å². The molecule has 0 aliphatic heterocycles. The van der Waals surface area contributed by atoms with E-state index in [9.17, 15) is 0 Å². The molecule has 2 aromatic rings. The quantitative estimate of drug-likeness (QED) is 0.618. The predicted octanol–water partition coefficient (Wildman–Crippen LogP) is 3.72. The number of hydrogen-bond donors (Lipinski definition) is 0. The van der Waals surface area contributed by atoms with Crippen LogP contribution < -0.4 is 0 Å². The van der Waals surface area contributed by atoms with Crippen LogP contribution in [0.5, 0.6) is 0 Å². The van der Waals surface area contributed by atoms with E-state index in [0.29, 0.717) is 11.1 Å². The summed E-state index contributed by atoms with van der Waals surface area (Å²) < 4.78 is 5.40. The molecule has 0 N–H and O–H groups in total. The fraction of sp³-hybridized carbons (Fsp3) is 0.273. The summed E-state index contributed by atoms with van der Waals surface area (Å²) in [6.07, 6.45) is 0. The average Bonchev–Trinajstić information content (AvgIpc) is 2.66. The third-order valence-corrected chi connectivity index (χ3v) is 2.93. The fourth-order valence-corrected chi connectivity index (χ4v) is 1.93. The highest BCUT2D eigenvalue weighted by Crippen LogP contribution is 2.27. The molecule has 0 bridgehead atoms. The van der Waals surface area contributed by atoms with Gasteiger partial charge in [0.15, 0.2) is 0 Å². The molecule has 84 valence electrons. The van der Waals surface area contributed by atoms with Gasteiger partial charge in [0, 0.05) is 5.56 Å². The molecule has 0 saturated heterocycles. The van der Waals surface area contributed by atoms with Gasteiger partial charge in [-0.1, -0.05) is 17.7 Å². The highest BCUT2D eigenvalue weighted by Gasteiger charge is 2.10. The van der Waals surface area contributed by atoms with Gasteiger partial charge in [0.25, 0.3) is 5.22 Å². The van der Waals surface area contributed by atoms with Crippen molar-refractivity contribution in [3.63, 3.8) is 0 Å². The van der Waals surface area contributed by atoms with Gasteiger partial charge in [0.2, 0.25) is 5.89 Å². The van der Waals surface area contributed by atoms with E-state index in [-0.39, 0.29) is 4.71 Å². The van der Waals surface area contributed by atoms with Crippen molar-refractivity contribution in [3.8, 4) is 11.5 Å². The number of nitrogens with zero attached hydrogens (tertiary/aromatic N) is 2. The smallest absolute Gasteiger partial charge is 0.278 e. The van der Waals surface area contributed by atoms with E-state index in [1.165, 1.54) is 17.3 Å². The molecule has 0 saturated carbocycles. The van der Waals surface area contributed by atoms with Crippen LogP contribution in [0.3, 0.4) is 0 Å². The molecule has 0 spiro atoms. The first-order chi connectivity index (χ1) is 7.65. The highest BCUT2D eigenvalue weighted by atomic mass is 35.5. The number of thioether (sulfide) groups is 1. The molecular weight excluding hydrogens is 244 g/mol. The van der Waals surface area contributed by atoms with Gasteiger partial charge in [-0.25, -0.2) is 0 Å². The Hall–Kier alpha value is -1.00. The summed E-state index contributed by atoms with van der Waals surface area (Å²) in [5.41, 5.74) is 2.12. The molecule has 2 rings (SSSR count). The summed E-state index contributed by atoms with van der Waals surface area (Å²) in [4.78, 5) is 0. The van der Waals surface area contributed by atoms with Crippen LogP contribution in [0.25, 0.3) is 11.5 Å². The van der Waals surface area contributed by atoms with Crippen molar-refractivity contribution >= 4 is 23.4 Å². The van der Waals surface area contributed by atoms with Gasteiger partial charge in [0.05, 0.1) is 4.71 Å². The van der Waals surface area contributed by atoms with Gasteiger partial charge in [-0.2, -0.15) is 0 Å². The van der Waals surface area contributed by atoms with Gasteiger partial charge < -0.3 is 4.42 Å². The number of alkyl halides is 1. The maximum Gasteiger partial charge on any atom is 0.278 e. The Bertz CT molecular complexity index is 467. The predicted molar refractivity (Wildman–Crippen MR) is 65.6 cm³/mol. The van der Waals surface area contributed by atoms with Crippen molar-refractivity contribution in [2.75, 3.05) is 0 Å². The third kappa shape index (κ3) is 2.77. The van der Waals surface area contributed by atoms with E-state index < -0.39 is 0 Å². The van der Waals surface area contributed by atoms with E-state index in [1.807, 2.05) is 38.1 Å². The summed E-state index contributed by atoms with van der Waals surface area (Å²) >= 11 is 7.17. The van der Waals surface area contributed by atoms with Crippen LogP contribution in [0, 0.1) is 6.92 Å². The summed E-state index contributed by atoms with van der Waals surface area (Å²) in [7, 11) is 0.